The molecule has 1 aromatic carbocycles. The van der Waals surface area contributed by atoms with Gasteiger partial charge in [0.25, 0.3) is 11.8 Å². The highest BCUT2D eigenvalue weighted by Gasteiger charge is 2.44. The zero-order chi connectivity index (χ0) is 21.3. The molecule has 1 aromatic heterocycles. The van der Waals surface area contributed by atoms with Crippen LogP contribution in [0.5, 0.6) is 0 Å². The Hall–Kier alpha value is -3.07. The van der Waals surface area contributed by atoms with E-state index in [9.17, 15) is 19.2 Å². The van der Waals surface area contributed by atoms with Crippen molar-refractivity contribution in [1.82, 2.24) is 9.88 Å². The van der Waals surface area contributed by atoms with Gasteiger partial charge in [-0.25, -0.2) is 9.78 Å². The van der Waals surface area contributed by atoms with Crippen LogP contribution in [0.2, 0.25) is 0 Å². The molecule has 0 aliphatic carbocycles. The van der Waals surface area contributed by atoms with E-state index in [1.165, 1.54) is 0 Å². The average molecular weight is 415 g/mol. The second-order valence-electron chi connectivity index (χ2n) is 6.86. The van der Waals surface area contributed by atoms with Gasteiger partial charge in [0.2, 0.25) is 5.91 Å². The van der Waals surface area contributed by atoms with Gasteiger partial charge in [-0.1, -0.05) is 37.3 Å². The van der Waals surface area contributed by atoms with Crippen LogP contribution in [0.1, 0.15) is 56.9 Å². The second-order valence-corrected chi connectivity index (χ2v) is 7.86. The molecule has 0 radical (unpaired) electrons. The molecule has 152 valence electrons. The quantitative estimate of drug-likeness (QED) is 0.574. The lowest BCUT2D eigenvalue weighted by Crippen LogP contribution is -2.50. The van der Waals surface area contributed by atoms with Crippen molar-refractivity contribution in [3.05, 3.63) is 46.0 Å². The summed E-state index contributed by atoms with van der Waals surface area (Å²) in [7, 11) is 0. The van der Waals surface area contributed by atoms with Crippen molar-refractivity contribution in [3.8, 4) is 0 Å². The van der Waals surface area contributed by atoms with E-state index in [1.54, 1.807) is 52.0 Å². The molecule has 1 aliphatic rings. The molecule has 0 bridgehead atoms. The Balaban J connectivity index is 1.85. The normalized spacial score (nSPS) is 14.2. The summed E-state index contributed by atoms with van der Waals surface area (Å²) in [6, 6.07) is 5.47. The minimum atomic E-state index is -1.02. The Morgan fingerprint density at radius 3 is 2.28 bits per heavy atom. The minimum absolute atomic E-state index is 0.206. The number of aromatic nitrogens is 1. The molecule has 0 saturated heterocycles. The minimum Gasteiger partial charge on any atom is -0.462 e. The highest BCUT2D eigenvalue weighted by atomic mass is 32.1. The second kappa shape index (κ2) is 8.12. The highest BCUT2D eigenvalue weighted by molar-refractivity contribution is 7.17. The van der Waals surface area contributed by atoms with Crippen LogP contribution >= 0.6 is 11.3 Å². The molecule has 1 unspecified atom stereocenters. The molecule has 1 aliphatic heterocycles. The van der Waals surface area contributed by atoms with Crippen molar-refractivity contribution in [2.24, 2.45) is 5.92 Å². The van der Waals surface area contributed by atoms with Gasteiger partial charge in [0.1, 0.15) is 10.9 Å². The fourth-order valence-electron chi connectivity index (χ4n) is 3.19. The standard InChI is InChI=1S/C20H21N3O5S/c1-5-28-19(27)15-11(4)21-20(29-15)22-16(24)14(10(2)3)23-17(25)12-8-6-7-9-13(12)18(23)26/h6-10,14H,5H2,1-4H3,(H,21,22,24). The Morgan fingerprint density at radius 2 is 1.76 bits per heavy atom. The predicted octanol–water partition coefficient (Wildman–Crippen LogP) is 2.89. The highest BCUT2D eigenvalue weighted by Crippen LogP contribution is 2.29. The maximum atomic E-state index is 13.0. The number of aryl methyl sites for hydroxylation is 1. The zero-order valence-corrected chi connectivity index (χ0v) is 17.3. The lowest BCUT2D eigenvalue weighted by molar-refractivity contribution is -0.121. The number of benzene rings is 1. The van der Waals surface area contributed by atoms with Crippen molar-refractivity contribution in [2.45, 2.75) is 33.7 Å². The molecule has 2 aromatic rings. The number of rotatable bonds is 6. The molecule has 0 saturated carbocycles. The first-order chi connectivity index (χ1) is 13.8. The number of nitrogens with one attached hydrogen (secondary N) is 1. The number of fused-ring (bicyclic) bond motifs is 1. The number of nitrogens with zero attached hydrogens (tertiary/aromatic N) is 2. The van der Waals surface area contributed by atoms with Crippen LogP contribution in [0.15, 0.2) is 24.3 Å². The molecular weight excluding hydrogens is 394 g/mol. The molecule has 0 spiro atoms. The number of hydrogen-bond acceptors (Lipinski definition) is 7. The van der Waals surface area contributed by atoms with Gasteiger partial charge < -0.3 is 10.1 Å². The third-order valence-electron chi connectivity index (χ3n) is 4.49. The number of imide groups is 1. The van der Waals surface area contributed by atoms with E-state index in [1.807, 2.05) is 0 Å². The number of hydrogen-bond donors (Lipinski definition) is 1. The van der Waals surface area contributed by atoms with Gasteiger partial charge in [-0.2, -0.15) is 0 Å². The van der Waals surface area contributed by atoms with Gasteiger partial charge in [0.15, 0.2) is 5.13 Å². The van der Waals surface area contributed by atoms with Crippen LogP contribution < -0.4 is 5.32 Å². The summed E-state index contributed by atoms with van der Waals surface area (Å²) in [4.78, 5) is 56.0. The summed E-state index contributed by atoms with van der Waals surface area (Å²) in [5.41, 5.74) is 1.00. The van der Waals surface area contributed by atoms with Crippen LogP contribution in [0.3, 0.4) is 0 Å². The van der Waals surface area contributed by atoms with E-state index in [0.29, 0.717) is 10.6 Å². The largest absolute Gasteiger partial charge is 0.462 e. The molecule has 1 atom stereocenters. The van der Waals surface area contributed by atoms with Crippen molar-refractivity contribution in [2.75, 3.05) is 11.9 Å². The molecule has 8 nitrogen and oxygen atoms in total. The zero-order valence-electron chi connectivity index (χ0n) is 16.5. The SMILES string of the molecule is CCOC(=O)c1sc(NC(=O)C(C(C)C)N2C(=O)c3ccccc3C2=O)nc1C. The fourth-order valence-corrected chi connectivity index (χ4v) is 4.06. The monoisotopic (exact) mass is 415 g/mol. The molecule has 9 heteroatoms. The number of ether oxygens (including phenoxy) is 1. The topological polar surface area (TPSA) is 106 Å². The lowest BCUT2D eigenvalue weighted by atomic mass is 10.0. The maximum Gasteiger partial charge on any atom is 0.350 e. The van der Waals surface area contributed by atoms with Crippen molar-refractivity contribution in [1.29, 1.82) is 0 Å². The van der Waals surface area contributed by atoms with Gasteiger partial charge in [-0.05, 0) is 31.9 Å². The molecule has 1 N–H and O–H groups in total. The van der Waals surface area contributed by atoms with E-state index in [-0.39, 0.29) is 28.8 Å². The number of carbonyl (C=O) groups is 4. The van der Waals surface area contributed by atoms with E-state index < -0.39 is 29.7 Å². The first-order valence-corrected chi connectivity index (χ1v) is 10.00. The van der Waals surface area contributed by atoms with E-state index in [0.717, 1.165) is 16.2 Å². The third kappa shape index (κ3) is 3.77. The van der Waals surface area contributed by atoms with Gasteiger partial charge >= 0.3 is 5.97 Å². The molecule has 2 heterocycles. The summed E-state index contributed by atoms with van der Waals surface area (Å²) in [6.45, 7) is 7.08. The Morgan fingerprint density at radius 1 is 1.17 bits per heavy atom. The number of thiazole rings is 1. The Labute approximate surface area is 171 Å². The van der Waals surface area contributed by atoms with E-state index in [2.05, 4.69) is 10.3 Å². The van der Waals surface area contributed by atoms with Crippen molar-refractivity contribution in [3.63, 3.8) is 0 Å². The molecule has 29 heavy (non-hydrogen) atoms. The van der Waals surface area contributed by atoms with Gasteiger partial charge in [-0.3, -0.25) is 19.3 Å². The number of anilines is 1. The first-order valence-electron chi connectivity index (χ1n) is 9.18. The van der Waals surface area contributed by atoms with E-state index >= 15 is 0 Å². The molecule has 3 amide bonds. The van der Waals surface area contributed by atoms with Crippen molar-refractivity contribution < 1.29 is 23.9 Å². The summed E-state index contributed by atoms with van der Waals surface area (Å²) in [6.07, 6.45) is 0. The van der Waals surface area contributed by atoms with Crippen LogP contribution in [0.25, 0.3) is 0 Å². The van der Waals surface area contributed by atoms with Crippen LogP contribution in [-0.2, 0) is 9.53 Å². The third-order valence-corrected chi connectivity index (χ3v) is 5.54. The van der Waals surface area contributed by atoms with Gasteiger partial charge in [0.05, 0.1) is 23.4 Å². The summed E-state index contributed by atoms with van der Waals surface area (Å²) < 4.78 is 4.98. The van der Waals surface area contributed by atoms with Crippen molar-refractivity contribution >= 4 is 40.2 Å². The van der Waals surface area contributed by atoms with Gasteiger partial charge in [-0.15, -0.1) is 0 Å². The summed E-state index contributed by atoms with van der Waals surface area (Å²) >= 11 is 0.991. The van der Waals surface area contributed by atoms with E-state index in [4.69, 9.17) is 4.74 Å². The first kappa shape index (κ1) is 20.7. The fraction of sp³-hybridized carbons (Fsp3) is 0.350. The predicted molar refractivity (Wildman–Crippen MR) is 107 cm³/mol. The number of esters is 1. The number of carbonyl (C=O) groups excluding carboxylic acids is 4. The van der Waals surface area contributed by atoms with Crippen LogP contribution in [0.4, 0.5) is 5.13 Å². The summed E-state index contributed by atoms with van der Waals surface area (Å²) in [5.74, 6) is -2.38. The average Bonchev–Trinajstić information content (AvgIpc) is 3.15. The Kier molecular flexibility index (Phi) is 5.78. The molecular formula is C20H21N3O5S. The summed E-state index contributed by atoms with van der Waals surface area (Å²) in [5, 5.41) is 2.85. The Bertz CT molecular complexity index is 963. The van der Waals surface area contributed by atoms with Crippen LogP contribution in [-0.4, -0.2) is 46.2 Å². The smallest absolute Gasteiger partial charge is 0.350 e. The molecule has 3 rings (SSSR count). The molecule has 0 fully saturated rings. The number of amides is 3. The lowest BCUT2D eigenvalue weighted by Gasteiger charge is -2.27. The van der Waals surface area contributed by atoms with Gasteiger partial charge in [0, 0.05) is 0 Å². The van der Waals surface area contributed by atoms with Crippen LogP contribution in [0, 0.1) is 12.8 Å². The maximum absolute atomic E-state index is 13.0.